The molecular formula is C17H17BrN2O2. The van der Waals surface area contributed by atoms with Gasteiger partial charge >= 0.3 is 0 Å². The fourth-order valence-electron chi connectivity index (χ4n) is 2.00. The maximum Gasteiger partial charge on any atom is 0.251 e. The Kier molecular flexibility index (Phi) is 5.72. The van der Waals surface area contributed by atoms with Gasteiger partial charge in [0.2, 0.25) is 5.91 Å². The van der Waals surface area contributed by atoms with Gasteiger partial charge in [0.1, 0.15) is 0 Å². The van der Waals surface area contributed by atoms with Crippen molar-refractivity contribution in [2.75, 3.05) is 10.6 Å². The predicted octanol–water partition coefficient (Wildman–Crippen LogP) is 3.51. The van der Waals surface area contributed by atoms with Crippen LogP contribution < -0.4 is 10.6 Å². The van der Waals surface area contributed by atoms with Crippen LogP contribution in [0.25, 0.3) is 0 Å². The standard InChI is InChI=1S/C17H17BrN2O2/c1-12(13-5-3-2-4-6-13)19-17(22)14-7-9-15(10-8-14)20-16(21)11-18/h2-10,12H,11H2,1H3,(H,19,22)(H,20,21)/t12-/m1/s1. The van der Waals surface area contributed by atoms with Gasteiger partial charge in [-0.1, -0.05) is 46.3 Å². The molecule has 2 aromatic carbocycles. The van der Waals surface area contributed by atoms with E-state index in [1.54, 1.807) is 24.3 Å². The van der Waals surface area contributed by atoms with E-state index in [1.165, 1.54) is 0 Å². The minimum absolute atomic E-state index is 0.0681. The molecule has 0 spiro atoms. The molecule has 0 saturated carbocycles. The van der Waals surface area contributed by atoms with Crippen LogP contribution >= 0.6 is 15.9 Å². The molecule has 2 aromatic rings. The molecule has 22 heavy (non-hydrogen) atoms. The van der Waals surface area contributed by atoms with Crippen molar-refractivity contribution in [3.05, 3.63) is 65.7 Å². The number of alkyl halides is 1. The number of benzene rings is 2. The van der Waals surface area contributed by atoms with Gasteiger partial charge in [0, 0.05) is 11.3 Å². The van der Waals surface area contributed by atoms with E-state index in [1.807, 2.05) is 37.3 Å². The number of carbonyl (C=O) groups is 2. The molecule has 0 aliphatic carbocycles. The summed E-state index contributed by atoms with van der Waals surface area (Å²) in [6, 6.07) is 16.5. The molecule has 5 heteroatoms. The van der Waals surface area contributed by atoms with Gasteiger partial charge in [-0.2, -0.15) is 0 Å². The van der Waals surface area contributed by atoms with Gasteiger partial charge in [0.05, 0.1) is 11.4 Å². The van der Waals surface area contributed by atoms with Crippen LogP contribution in [0.1, 0.15) is 28.9 Å². The highest BCUT2D eigenvalue weighted by molar-refractivity contribution is 9.09. The molecule has 0 aromatic heterocycles. The van der Waals surface area contributed by atoms with E-state index < -0.39 is 0 Å². The summed E-state index contributed by atoms with van der Waals surface area (Å²) in [6.07, 6.45) is 0. The van der Waals surface area contributed by atoms with E-state index in [0.717, 1.165) is 5.56 Å². The average Bonchev–Trinajstić information content (AvgIpc) is 2.56. The highest BCUT2D eigenvalue weighted by atomic mass is 79.9. The van der Waals surface area contributed by atoms with E-state index >= 15 is 0 Å². The molecule has 2 amide bonds. The lowest BCUT2D eigenvalue weighted by Crippen LogP contribution is -2.26. The Balaban J connectivity index is 1.99. The summed E-state index contributed by atoms with van der Waals surface area (Å²) in [6.45, 7) is 1.94. The number of rotatable bonds is 5. The zero-order chi connectivity index (χ0) is 15.9. The minimum atomic E-state index is -0.144. The van der Waals surface area contributed by atoms with Gasteiger partial charge in [-0.05, 0) is 36.8 Å². The van der Waals surface area contributed by atoms with Crippen LogP contribution in [0.3, 0.4) is 0 Å². The van der Waals surface area contributed by atoms with Crippen molar-refractivity contribution in [1.82, 2.24) is 5.32 Å². The molecule has 0 bridgehead atoms. The van der Waals surface area contributed by atoms with Crippen LogP contribution in [-0.2, 0) is 4.79 Å². The Hall–Kier alpha value is -2.14. The van der Waals surface area contributed by atoms with Crippen molar-refractivity contribution in [1.29, 1.82) is 0 Å². The average molecular weight is 361 g/mol. The van der Waals surface area contributed by atoms with Crippen LogP contribution in [0.4, 0.5) is 5.69 Å². The van der Waals surface area contributed by atoms with Crippen molar-refractivity contribution in [2.24, 2.45) is 0 Å². The molecule has 0 aliphatic rings. The van der Waals surface area contributed by atoms with E-state index in [2.05, 4.69) is 26.6 Å². The van der Waals surface area contributed by atoms with Gasteiger partial charge in [-0.3, -0.25) is 9.59 Å². The highest BCUT2D eigenvalue weighted by Gasteiger charge is 2.11. The highest BCUT2D eigenvalue weighted by Crippen LogP contribution is 2.14. The number of hydrogen-bond acceptors (Lipinski definition) is 2. The summed E-state index contributed by atoms with van der Waals surface area (Å²) in [4.78, 5) is 23.5. The first-order chi connectivity index (χ1) is 10.6. The summed E-state index contributed by atoms with van der Waals surface area (Å²) in [7, 11) is 0. The van der Waals surface area contributed by atoms with Crippen LogP contribution in [0.15, 0.2) is 54.6 Å². The molecule has 0 unspecified atom stereocenters. The molecule has 0 radical (unpaired) electrons. The first kappa shape index (κ1) is 16.2. The summed E-state index contributed by atoms with van der Waals surface area (Å²) in [5, 5.41) is 5.90. The van der Waals surface area contributed by atoms with Crippen LogP contribution in [0.5, 0.6) is 0 Å². The molecule has 0 fully saturated rings. The molecular weight excluding hydrogens is 344 g/mol. The summed E-state index contributed by atoms with van der Waals surface area (Å²) in [5.41, 5.74) is 2.27. The fourth-order valence-corrected chi connectivity index (χ4v) is 2.14. The van der Waals surface area contributed by atoms with E-state index in [0.29, 0.717) is 11.3 Å². The molecule has 2 rings (SSSR count). The lowest BCUT2D eigenvalue weighted by atomic mass is 10.1. The second-order valence-corrected chi connectivity index (χ2v) is 5.43. The van der Waals surface area contributed by atoms with Crippen molar-refractivity contribution >= 4 is 33.4 Å². The second-order valence-electron chi connectivity index (χ2n) is 4.86. The fraction of sp³-hybridized carbons (Fsp3) is 0.176. The Morgan fingerprint density at radius 3 is 2.27 bits per heavy atom. The van der Waals surface area contributed by atoms with Crippen molar-refractivity contribution in [3.63, 3.8) is 0 Å². The topological polar surface area (TPSA) is 58.2 Å². The summed E-state index contributed by atoms with van der Waals surface area (Å²) >= 11 is 3.08. The Morgan fingerprint density at radius 2 is 1.68 bits per heavy atom. The van der Waals surface area contributed by atoms with Crippen LogP contribution in [0, 0.1) is 0 Å². The Morgan fingerprint density at radius 1 is 1.05 bits per heavy atom. The third-order valence-corrected chi connectivity index (χ3v) is 3.71. The van der Waals surface area contributed by atoms with Gasteiger partial charge in [-0.25, -0.2) is 0 Å². The van der Waals surface area contributed by atoms with Gasteiger partial charge < -0.3 is 10.6 Å². The molecule has 1 atom stereocenters. The van der Waals surface area contributed by atoms with Crippen LogP contribution in [-0.4, -0.2) is 17.1 Å². The van der Waals surface area contributed by atoms with Crippen LogP contribution in [0.2, 0.25) is 0 Å². The van der Waals surface area contributed by atoms with Crippen molar-refractivity contribution in [3.8, 4) is 0 Å². The molecule has 0 heterocycles. The quantitative estimate of drug-likeness (QED) is 0.801. The third-order valence-electron chi connectivity index (χ3n) is 3.20. The Labute approximate surface area is 138 Å². The maximum absolute atomic E-state index is 12.2. The van der Waals surface area contributed by atoms with E-state index in [-0.39, 0.29) is 23.2 Å². The molecule has 114 valence electrons. The SMILES string of the molecule is C[C@@H](NC(=O)c1ccc(NC(=O)CBr)cc1)c1ccccc1. The number of hydrogen-bond donors (Lipinski definition) is 2. The number of carbonyl (C=O) groups excluding carboxylic acids is 2. The number of amides is 2. The second kappa shape index (κ2) is 7.75. The maximum atomic E-state index is 12.2. The van der Waals surface area contributed by atoms with E-state index in [4.69, 9.17) is 0 Å². The summed E-state index contributed by atoms with van der Waals surface area (Å²) < 4.78 is 0. The lowest BCUT2D eigenvalue weighted by Gasteiger charge is -2.14. The van der Waals surface area contributed by atoms with Gasteiger partial charge in [-0.15, -0.1) is 0 Å². The lowest BCUT2D eigenvalue weighted by molar-refractivity contribution is -0.113. The van der Waals surface area contributed by atoms with Gasteiger partial charge in [0.25, 0.3) is 5.91 Å². The summed E-state index contributed by atoms with van der Waals surface area (Å²) in [5.74, 6) is -0.273. The van der Waals surface area contributed by atoms with Crippen molar-refractivity contribution in [2.45, 2.75) is 13.0 Å². The number of anilines is 1. The smallest absolute Gasteiger partial charge is 0.251 e. The molecule has 4 nitrogen and oxygen atoms in total. The van der Waals surface area contributed by atoms with E-state index in [9.17, 15) is 9.59 Å². The third kappa shape index (κ3) is 4.43. The number of halogens is 1. The monoisotopic (exact) mass is 360 g/mol. The molecule has 0 aliphatic heterocycles. The Bertz CT molecular complexity index is 641. The minimum Gasteiger partial charge on any atom is -0.346 e. The predicted molar refractivity (Wildman–Crippen MR) is 91.2 cm³/mol. The van der Waals surface area contributed by atoms with Gasteiger partial charge in [0.15, 0.2) is 0 Å². The first-order valence-corrected chi connectivity index (χ1v) is 8.04. The molecule has 0 saturated heterocycles. The zero-order valence-electron chi connectivity index (χ0n) is 12.2. The largest absolute Gasteiger partial charge is 0.346 e. The first-order valence-electron chi connectivity index (χ1n) is 6.92. The number of nitrogens with one attached hydrogen (secondary N) is 2. The molecule has 2 N–H and O–H groups in total. The van der Waals surface area contributed by atoms with Crippen molar-refractivity contribution < 1.29 is 9.59 Å². The zero-order valence-corrected chi connectivity index (χ0v) is 13.8. The normalized spacial score (nSPS) is 11.5.